The normalized spacial score (nSPS) is 13.7. The second-order valence-corrected chi connectivity index (χ2v) is 8.09. The van der Waals surface area contributed by atoms with Crippen LogP contribution in [-0.2, 0) is 16.4 Å². The van der Waals surface area contributed by atoms with Gasteiger partial charge in [0.2, 0.25) is 10.0 Å². The molecule has 1 amide bonds. The first-order valence-electron chi connectivity index (χ1n) is 7.61. The Morgan fingerprint density at radius 1 is 1.25 bits per heavy atom. The Morgan fingerprint density at radius 3 is 2.71 bits per heavy atom. The van der Waals surface area contributed by atoms with Gasteiger partial charge in [-0.2, -0.15) is 0 Å². The monoisotopic (exact) mass is 364 g/mol. The first kappa shape index (κ1) is 16.8. The Hall–Kier alpha value is -2.05. The third kappa shape index (κ3) is 3.12. The van der Waals surface area contributed by atoms with Crippen molar-refractivity contribution in [1.29, 1.82) is 0 Å². The molecule has 3 rings (SSSR count). The van der Waals surface area contributed by atoms with E-state index in [0.29, 0.717) is 34.9 Å². The molecule has 1 aliphatic heterocycles. The minimum atomic E-state index is -3.28. The minimum absolute atomic E-state index is 0.0567. The van der Waals surface area contributed by atoms with Crippen LogP contribution in [0.2, 0.25) is 5.02 Å². The van der Waals surface area contributed by atoms with Gasteiger partial charge in [0.05, 0.1) is 22.2 Å². The highest BCUT2D eigenvalue weighted by molar-refractivity contribution is 7.92. The number of rotatable bonds is 4. The van der Waals surface area contributed by atoms with Gasteiger partial charge in [-0.1, -0.05) is 23.7 Å². The summed E-state index contributed by atoms with van der Waals surface area (Å²) in [6.45, 7) is 2.04. The predicted molar refractivity (Wildman–Crippen MR) is 96.4 cm³/mol. The number of carbonyl (C=O) groups excluding carboxylic acids is 1. The molecule has 2 aromatic rings. The molecule has 0 saturated heterocycles. The minimum Gasteiger partial charge on any atom is -0.321 e. The number of halogens is 1. The highest BCUT2D eigenvalue weighted by Gasteiger charge is 2.28. The number of para-hydroxylation sites is 1. The van der Waals surface area contributed by atoms with Crippen LogP contribution in [0.4, 0.5) is 11.4 Å². The molecule has 0 aromatic heterocycles. The number of fused-ring (bicyclic) bond motifs is 1. The third-order valence-electron chi connectivity index (χ3n) is 4.02. The van der Waals surface area contributed by atoms with E-state index in [2.05, 4.69) is 5.32 Å². The molecule has 5 nitrogen and oxygen atoms in total. The largest absolute Gasteiger partial charge is 0.321 e. The zero-order chi connectivity index (χ0) is 17.3. The molecule has 7 heteroatoms. The van der Waals surface area contributed by atoms with E-state index in [0.717, 1.165) is 5.56 Å². The number of benzene rings is 2. The van der Waals surface area contributed by atoms with Gasteiger partial charge in [-0.3, -0.25) is 9.10 Å². The summed E-state index contributed by atoms with van der Waals surface area (Å²) in [4.78, 5) is 12.4. The fraction of sp³-hybridized carbons (Fsp3) is 0.235. The molecule has 2 aromatic carbocycles. The van der Waals surface area contributed by atoms with Crippen LogP contribution >= 0.6 is 11.6 Å². The van der Waals surface area contributed by atoms with Crippen molar-refractivity contribution in [3.63, 3.8) is 0 Å². The fourth-order valence-corrected chi connectivity index (χ4v) is 4.06. The summed E-state index contributed by atoms with van der Waals surface area (Å²) in [6.07, 6.45) is 0.599. The topological polar surface area (TPSA) is 66.5 Å². The van der Waals surface area contributed by atoms with Crippen LogP contribution in [0.1, 0.15) is 22.8 Å². The lowest BCUT2D eigenvalue weighted by molar-refractivity contribution is 0.102. The molecule has 0 radical (unpaired) electrons. The fourth-order valence-electron chi connectivity index (χ4n) is 2.71. The first-order chi connectivity index (χ1) is 11.4. The van der Waals surface area contributed by atoms with E-state index in [-0.39, 0.29) is 11.7 Å². The summed E-state index contributed by atoms with van der Waals surface area (Å²) in [5, 5.41) is 3.23. The molecule has 0 fully saturated rings. The van der Waals surface area contributed by atoms with Crippen molar-refractivity contribution >= 4 is 38.9 Å². The quantitative estimate of drug-likeness (QED) is 0.905. The molecule has 0 aliphatic carbocycles. The molecular formula is C17H17ClN2O3S. The summed E-state index contributed by atoms with van der Waals surface area (Å²) in [7, 11) is -3.28. The third-order valence-corrected chi connectivity index (χ3v) is 6.13. The van der Waals surface area contributed by atoms with E-state index in [9.17, 15) is 13.2 Å². The lowest BCUT2D eigenvalue weighted by Gasteiger charge is -2.18. The Kier molecular flexibility index (Phi) is 4.51. The van der Waals surface area contributed by atoms with E-state index >= 15 is 0 Å². The van der Waals surface area contributed by atoms with E-state index < -0.39 is 10.0 Å². The maximum atomic E-state index is 12.4. The highest BCUT2D eigenvalue weighted by Crippen LogP contribution is 2.31. The van der Waals surface area contributed by atoms with Gasteiger partial charge in [0, 0.05) is 12.1 Å². The van der Waals surface area contributed by atoms with Gasteiger partial charge < -0.3 is 5.32 Å². The van der Waals surface area contributed by atoms with Crippen molar-refractivity contribution in [2.24, 2.45) is 0 Å². The lowest BCUT2D eigenvalue weighted by Crippen LogP contribution is -2.30. The molecule has 1 heterocycles. The molecule has 24 heavy (non-hydrogen) atoms. The number of anilines is 2. The maximum Gasteiger partial charge on any atom is 0.255 e. The second kappa shape index (κ2) is 6.45. The predicted octanol–water partition coefficient (Wildman–Crippen LogP) is 3.30. The van der Waals surface area contributed by atoms with E-state index in [4.69, 9.17) is 11.6 Å². The lowest BCUT2D eigenvalue weighted by atomic mass is 10.1. The van der Waals surface area contributed by atoms with Gasteiger partial charge in [0.25, 0.3) is 5.91 Å². The molecule has 0 atom stereocenters. The van der Waals surface area contributed by atoms with Crippen LogP contribution in [0.25, 0.3) is 0 Å². The van der Waals surface area contributed by atoms with Gasteiger partial charge >= 0.3 is 0 Å². The summed E-state index contributed by atoms with van der Waals surface area (Å²) < 4.78 is 25.6. The average molecular weight is 365 g/mol. The van der Waals surface area contributed by atoms with Crippen molar-refractivity contribution in [3.05, 3.63) is 58.6 Å². The van der Waals surface area contributed by atoms with E-state index in [1.54, 1.807) is 49.4 Å². The van der Waals surface area contributed by atoms with Gasteiger partial charge in [0.15, 0.2) is 0 Å². The number of nitrogens with one attached hydrogen (secondary N) is 1. The molecule has 1 aliphatic rings. The Morgan fingerprint density at radius 2 is 2.00 bits per heavy atom. The van der Waals surface area contributed by atoms with Crippen molar-refractivity contribution < 1.29 is 13.2 Å². The number of amides is 1. The molecule has 126 valence electrons. The van der Waals surface area contributed by atoms with Gasteiger partial charge in [-0.25, -0.2) is 8.42 Å². The zero-order valence-corrected chi connectivity index (χ0v) is 14.7. The van der Waals surface area contributed by atoms with Gasteiger partial charge in [-0.15, -0.1) is 0 Å². The smallest absolute Gasteiger partial charge is 0.255 e. The molecule has 0 saturated carbocycles. The van der Waals surface area contributed by atoms with Crippen LogP contribution < -0.4 is 9.62 Å². The first-order valence-corrected chi connectivity index (χ1v) is 9.60. The Balaban J connectivity index is 1.85. The number of sulfonamides is 1. The van der Waals surface area contributed by atoms with Crippen LogP contribution in [-0.4, -0.2) is 26.6 Å². The second-order valence-electron chi connectivity index (χ2n) is 5.50. The van der Waals surface area contributed by atoms with Crippen LogP contribution in [0.15, 0.2) is 42.5 Å². The van der Waals surface area contributed by atoms with Crippen molar-refractivity contribution in [3.8, 4) is 0 Å². The molecule has 0 unspecified atom stereocenters. The van der Waals surface area contributed by atoms with Crippen LogP contribution in [0.3, 0.4) is 0 Å². The zero-order valence-electron chi connectivity index (χ0n) is 13.1. The van der Waals surface area contributed by atoms with Crippen LogP contribution in [0.5, 0.6) is 0 Å². The standard InChI is InChI=1S/C17H17ClN2O3S/c1-2-24(22,23)20-10-9-12-11-13(7-8-16(12)20)17(21)19-15-6-4-3-5-14(15)18/h3-8,11H,2,9-10H2,1H3,(H,19,21). The average Bonchev–Trinajstić information content (AvgIpc) is 3.00. The number of nitrogens with zero attached hydrogens (tertiary/aromatic N) is 1. The molecular weight excluding hydrogens is 348 g/mol. The molecule has 0 bridgehead atoms. The summed E-state index contributed by atoms with van der Waals surface area (Å²) in [6, 6.07) is 12.1. The Labute approximate surface area is 146 Å². The molecule has 0 spiro atoms. The van der Waals surface area contributed by atoms with Gasteiger partial charge in [0.1, 0.15) is 0 Å². The maximum absolute atomic E-state index is 12.4. The summed E-state index contributed by atoms with van der Waals surface area (Å²) in [5.74, 6) is -0.219. The highest BCUT2D eigenvalue weighted by atomic mass is 35.5. The summed E-state index contributed by atoms with van der Waals surface area (Å²) >= 11 is 6.05. The van der Waals surface area contributed by atoms with Crippen molar-refractivity contribution in [1.82, 2.24) is 0 Å². The summed E-state index contributed by atoms with van der Waals surface area (Å²) in [5.41, 5.74) is 2.54. The number of hydrogen-bond donors (Lipinski definition) is 1. The Bertz CT molecular complexity index is 896. The van der Waals surface area contributed by atoms with Gasteiger partial charge in [-0.05, 0) is 49.2 Å². The van der Waals surface area contributed by atoms with E-state index in [1.165, 1.54) is 4.31 Å². The van der Waals surface area contributed by atoms with E-state index in [1.807, 2.05) is 0 Å². The molecule has 1 N–H and O–H groups in total. The SMILES string of the molecule is CCS(=O)(=O)N1CCc2cc(C(=O)Nc3ccccc3Cl)ccc21. The van der Waals surface area contributed by atoms with Crippen molar-refractivity contribution in [2.45, 2.75) is 13.3 Å². The number of hydrogen-bond acceptors (Lipinski definition) is 3. The number of carbonyl (C=O) groups is 1. The van der Waals surface area contributed by atoms with Crippen LogP contribution in [0, 0.1) is 0 Å². The van der Waals surface area contributed by atoms with Crippen molar-refractivity contribution in [2.75, 3.05) is 21.9 Å².